The summed E-state index contributed by atoms with van der Waals surface area (Å²) < 4.78 is 7.08. The Kier molecular flexibility index (Phi) is 7.09. The number of aromatic nitrogens is 2. The summed E-state index contributed by atoms with van der Waals surface area (Å²) in [5, 5.41) is 3.49. The number of hydrogen-bond donors (Lipinski definition) is 1. The van der Waals surface area contributed by atoms with E-state index in [9.17, 15) is 0 Å². The number of ether oxygens (including phenoxy) is 1. The molecule has 0 spiro atoms. The molecular formula is C17H26N4O. The van der Waals surface area contributed by atoms with Crippen molar-refractivity contribution in [3.63, 3.8) is 0 Å². The van der Waals surface area contributed by atoms with Crippen LogP contribution in [0.25, 0.3) is 5.69 Å². The standard InChI is InChI=1S/C17H26N4O/c1-20(12-13-22-2)10-3-8-18-14-16-4-6-17(7-5-16)21-11-9-19-15-21/h4-7,9,11,15,18H,3,8,10,12-14H2,1-2H3. The summed E-state index contributed by atoms with van der Waals surface area (Å²) in [6.45, 7) is 4.82. The van der Waals surface area contributed by atoms with Crippen molar-refractivity contribution in [1.82, 2.24) is 19.8 Å². The molecule has 0 radical (unpaired) electrons. The minimum atomic E-state index is 0.799. The van der Waals surface area contributed by atoms with Gasteiger partial charge in [0.05, 0.1) is 12.9 Å². The Morgan fingerprint density at radius 3 is 2.73 bits per heavy atom. The van der Waals surface area contributed by atoms with E-state index in [-0.39, 0.29) is 0 Å². The second-order valence-electron chi connectivity index (χ2n) is 5.46. The van der Waals surface area contributed by atoms with Crippen molar-refractivity contribution in [1.29, 1.82) is 0 Å². The third kappa shape index (κ3) is 5.60. The van der Waals surface area contributed by atoms with Gasteiger partial charge in [0.25, 0.3) is 0 Å². The maximum atomic E-state index is 5.07. The molecule has 1 aromatic carbocycles. The highest BCUT2D eigenvalue weighted by Crippen LogP contribution is 2.09. The van der Waals surface area contributed by atoms with Crippen molar-refractivity contribution < 1.29 is 4.74 Å². The first-order valence-electron chi connectivity index (χ1n) is 7.75. The molecule has 22 heavy (non-hydrogen) atoms. The van der Waals surface area contributed by atoms with Crippen LogP contribution in [-0.4, -0.2) is 54.8 Å². The van der Waals surface area contributed by atoms with Crippen molar-refractivity contribution in [2.75, 3.05) is 40.4 Å². The minimum Gasteiger partial charge on any atom is -0.383 e. The molecule has 5 heteroatoms. The molecule has 0 atom stereocenters. The van der Waals surface area contributed by atoms with Gasteiger partial charge >= 0.3 is 0 Å². The molecular weight excluding hydrogens is 276 g/mol. The lowest BCUT2D eigenvalue weighted by Gasteiger charge is -2.15. The van der Waals surface area contributed by atoms with Crippen molar-refractivity contribution in [3.05, 3.63) is 48.5 Å². The van der Waals surface area contributed by atoms with Gasteiger partial charge in [-0.3, -0.25) is 0 Å². The van der Waals surface area contributed by atoms with E-state index in [2.05, 4.69) is 46.5 Å². The molecule has 5 nitrogen and oxygen atoms in total. The molecule has 1 aromatic heterocycles. The fourth-order valence-electron chi connectivity index (χ4n) is 2.26. The van der Waals surface area contributed by atoms with Gasteiger partial charge in [-0.05, 0) is 44.3 Å². The van der Waals surface area contributed by atoms with E-state index in [1.807, 2.05) is 17.1 Å². The van der Waals surface area contributed by atoms with Gasteiger partial charge in [-0.1, -0.05) is 12.1 Å². The molecule has 0 aliphatic rings. The number of imidazole rings is 1. The van der Waals surface area contributed by atoms with Gasteiger partial charge in [0.15, 0.2) is 0 Å². The lowest BCUT2D eigenvalue weighted by atomic mass is 10.2. The van der Waals surface area contributed by atoms with Gasteiger partial charge in [0, 0.05) is 38.3 Å². The van der Waals surface area contributed by atoms with Gasteiger partial charge in [0.2, 0.25) is 0 Å². The number of rotatable bonds is 10. The molecule has 0 aliphatic heterocycles. The van der Waals surface area contributed by atoms with Crippen LogP contribution in [0.4, 0.5) is 0 Å². The average Bonchev–Trinajstić information content (AvgIpc) is 3.07. The fraction of sp³-hybridized carbons (Fsp3) is 0.471. The molecule has 0 saturated carbocycles. The summed E-state index contributed by atoms with van der Waals surface area (Å²) in [5.74, 6) is 0. The maximum Gasteiger partial charge on any atom is 0.0991 e. The maximum absolute atomic E-state index is 5.07. The van der Waals surface area contributed by atoms with Crippen molar-refractivity contribution >= 4 is 0 Å². The topological polar surface area (TPSA) is 42.3 Å². The number of benzene rings is 1. The smallest absolute Gasteiger partial charge is 0.0991 e. The molecule has 1 N–H and O–H groups in total. The largest absolute Gasteiger partial charge is 0.383 e. The monoisotopic (exact) mass is 302 g/mol. The molecule has 2 rings (SSSR count). The van der Waals surface area contributed by atoms with Crippen molar-refractivity contribution in [2.45, 2.75) is 13.0 Å². The van der Waals surface area contributed by atoms with E-state index >= 15 is 0 Å². The van der Waals surface area contributed by atoms with E-state index in [1.54, 1.807) is 13.3 Å². The fourth-order valence-corrected chi connectivity index (χ4v) is 2.26. The number of nitrogens with one attached hydrogen (secondary N) is 1. The summed E-state index contributed by atoms with van der Waals surface area (Å²) in [7, 11) is 3.88. The zero-order chi connectivity index (χ0) is 15.6. The Bertz CT molecular complexity index is 510. The molecule has 2 aromatic rings. The van der Waals surface area contributed by atoms with E-state index in [1.165, 1.54) is 5.56 Å². The molecule has 0 saturated heterocycles. The van der Waals surface area contributed by atoms with Gasteiger partial charge in [-0.25, -0.2) is 4.98 Å². The Morgan fingerprint density at radius 2 is 2.05 bits per heavy atom. The molecule has 120 valence electrons. The molecule has 0 aliphatic carbocycles. The van der Waals surface area contributed by atoms with Gasteiger partial charge in [-0.2, -0.15) is 0 Å². The van der Waals surface area contributed by atoms with E-state index < -0.39 is 0 Å². The summed E-state index contributed by atoms with van der Waals surface area (Å²) in [6.07, 6.45) is 6.70. The first-order valence-corrected chi connectivity index (χ1v) is 7.75. The molecule has 0 bridgehead atoms. The summed E-state index contributed by atoms with van der Waals surface area (Å²) in [4.78, 5) is 6.36. The third-order valence-electron chi connectivity index (χ3n) is 3.64. The predicted molar refractivity (Wildman–Crippen MR) is 89.3 cm³/mol. The Balaban J connectivity index is 1.63. The van der Waals surface area contributed by atoms with Crippen LogP contribution in [0.2, 0.25) is 0 Å². The van der Waals surface area contributed by atoms with Gasteiger partial charge < -0.3 is 19.5 Å². The average molecular weight is 302 g/mol. The van der Waals surface area contributed by atoms with Crippen LogP contribution in [0.3, 0.4) is 0 Å². The minimum absolute atomic E-state index is 0.799. The number of likely N-dealkylation sites (N-methyl/N-ethyl adjacent to an activating group) is 1. The second kappa shape index (κ2) is 9.35. The quantitative estimate of drug-likeness (QED) is 0.681. The summed E-state index contributed by atoms with van der Waals surface area (Å²) in [5.41, 5.74) is 2.44. The molecule has 0 fully saturated rings. The lowest BCUT2D eigenvalue weighted by molar-refractivity contribution is 0.160. The van der Waals surface area contributed by atoms with Crippen LogP contribution < -0.4 is 5.32 Å². The van der Waals surface area contributed by atoms with Crippen LogP contribution in [0.5, 0.6) is 0 Å². The second-order valence-corrected chi connectivity index (χ2v) is 5.46. The van der Waals surface area contributed by atoms with Crippen LogP contribution >= 0.6 is 0 Å². The summed E-state index contributed by atoms with van der Waals surface area (Å²) >= 11 is 0. The zero-order valence-electron chi connectivity index (χ0n) is 13.5. The highest BCUT2D eigenvalue weighted by molar-refractivity contribution is 5.34. The highest BCUT2D eigenvalue weighted by Gasteiger charge is 1.99. The normalized spacial score (nSPS) is 11.2. The Morgan fingerprint density at radius 1 is 1.23 bits per heavy atom. The van der Waals surface area contributed by atoms with Crippen molar-refractivity contribution in [3.8, 4) is 5.69 Å². The van der Waals surface area contributed by atoms with Gasteiger partial charge in [-0.15, -0.1) is 0 Å². The Labute approximate surface area is 132 Å². The van der Waals surface area contributed by atoms with Crippen LogP contribution in [0.15, 0.2) is 43.0 Å². The van der Waals surface area contributed by atoms with Crippen LogP contribution in [-0.2, 0) is 11.3 Å². The van der Waals surface area contributed by atoms with E-state index in [0.717, 1.165) is 44.9 Å². The molecule has 1 heterocycles. The Hall–Kier alpha value is -1.69. The molecule has 0 amide bonds. The van der Waals surface area contributed by atoms with E-state index in [4.69, 9.17) is 4.74 Å². The lowest BCUT2D eigenvalue weighted by Crippen LogP contribution is -2.26. The van der Waals surface area contributed by atoms with Crippen molar-refractivity contribution in [2.24, 2.45) is 0 Å². The summed E-state index contributed by atoms with van der Waals surface area (Å²) in [6, 6.07) is 8.56. The van der Waals surface area contributed by atoms with Crippen LogP contribution in [0, 0.1) is 0 Å². The van der Waals surface area contributed by atoms with Crippen LogP contribution in [0.1, 0.15) is 12.0 Å². The number of nitrogens with zero attached hydrogens (tertiary/aromatic N) is 3. The van der Waals surface area contributed by atoms with Gasteiger partial charge in [0.1, 0.15) is 0 Å². The highest BCUT2D eigenvalue weighted by atomic mass is 16.5. The van der Waals surface area contributed by atoms with E-state index in [0.29, 0.717) is 0 Å². The first-order chi connectivity index (χ1) is 10.8. The third-order valence-corrected chi connectivity index (χ3v) is 3.64. The number of hydrogen-bond acceptors (Lipinski definition) is 4. The SMILES string of the molecule is COCCN(C)CCCNCc1ccc(-n2ccnc2)cc1. The first kappa shape index (κ1) is 16.7. The number of methoxy groups -OCH3 is 1. The molecule has 0 unspecified atom stereocenters. The predicted octanol–water partition coefficient (Wildman–Crippen LogP) is 1.93. The zero-order valence-corrected chi connectivity index (χ0v) is 13.5.